The van der Waals surface area contributed by atoms with Gasteiger partial charge in [-0.25, -0.2) is 9.97 Å². The fraction of sp³-hybridized carbons (Fsp3) is 0.0833. The Bertz CT molecular complexity index is 618. The number of aryl methyl sites for hydroxylation is 1. The van der Waals surface area contributed by atoms with Crippen LogP contribution in [0.2, 0.25) is 10.0 Å². The summed E-state index contributed by atoms with van der Waals surface area (Å²) in [5, 5.41) is 9.90. The first-order valence-electron chi connectivity index (χ1n) is 4.81. The molecule has 3 nitrogen and oxygen atoms in total. The monoisotopic (exact) mass is 263 g/mol. The fourth-order valence-electron chi connectivity index (χ4n) is 1.58. The topological polar surface area (TPSA) is 49.6 Å². The van der Waals surface area contributed by atoms with E-state index in [9.17, 15) is 0 Å². The fourth-order valence-corrected chi connectivity index (χ4v) is 1.97. The van der Waals surface area contributed by atoms with Gasteiger partial charge in [0.1, 0.15) is 12.4 Å². The van der Waals surface area contributed by atoms with Crippen LogP contribution < -0.4 is 0 Å². The highest BCUT2D eigenvalue weighted by atomic mass is 35.5. The van der Waals surface area contributed by atoms with E-state index in [0.29, 0.717) is 32.6 Å². The number of halogens is 2. The molecular formula is C12H7Cl2N3. The zero-order valence-corrected chi connectivity index (χ0v) is 10.4. The first-order valence-corrected chi connectivity index (χ1v) is 5.57. The van der Waals surface area contributed by atoms with Crippen molar-refractivity contribution in [3.63, 3.8) is 0 Å². The second-order valence-electron chi connectivity index (χ2n) is 3.40. The van der Waals surface area contributed by atoms with Gasteiger partial charge in [0.15, 0.2) is 5.69 Å². The molecular weight excluding hydrogens is 257 g/mol. The molecule has 0 radical (unpaired) electrons. The molecule has 0 aliphatic rings. The smallest absolute Gasteiger partial charge is 0.151 e. The lowest BCUT2D eigenvalue weighted by Gasteiger charge is -2.09. The summed E-state index contributed by atoms with van der Waals surface area (Å²) >= 11 is 12.1. The highest BCUT2D eigenvalue weighted by molar-refractivity contribution is 6.43. The summed E-state index contributed by atoms with van der Waals surface area (Å²) in [6.45, 7) is 1.80. The van der Waals surface area contributed by atoms with Gasteiger partial charge in [-0.05, 0) is 13.0 Å². The van der Waals surface area contributed by atoms with Crippen molar-refractivity contribution in [2.75, 3.05) is 0 Å². The molecule has 0 saturated heterocycles. The third-order valence-corrected chi connectivity index (χ3v) is 3.18. The summed E-state index contributed by atoms with van der Waals surface area (Å²) in [6, 6.07) is 7.29. The summed E-state index contributed by atoms with van der Waals surface area (Å²) in [6.07, 6.45) is 1.36. The highest BCUT2D eigenvalue weighted by Gasteiger charge is 2.14. The summed E-state index contributed by atoms with van der Waals surface area (Å²) in [7, 11) is 0. The molecule has 0 fully saturated rings. The Morgan fingerprint density at radius 2 is 2.00 bits per heavy atom. The van der Waals surface area contributed by atoms with Crippen molar-refractivity contribution in [3.05, 3.63) is 46.0 Å². The van der Waals surface area contributed by atoms with Gasteiger partial charge in [-0.1, -0.05) is 35.3 Å². The van der Waals surface area contributed by atoms with E-state index in [1.807, 2.05) is 6.07 Å². The first kappa shape index (κ1) is 11.8. The Labute approximate surface area is 109 Å². The van der Waals surface area contributed by atoms with Crippen molar-refractivity contribution in [3.8, 4) is 17.2 Å². The quantitative estimate of drug-likeness (QED) is 0.790. The number of nitrogens with zero attached hydrogens (tertiary/aromatic N) is 3. The zero-order chi connectivity index (χ0) is 12.4. The van der Waals surface area contributed by atoms with Gasteiger partial charge in [-0.3, -0.25) is 0 Å². The molecule has 0 bridgehead atoms. The first-order chi connectivity index (χ1) is 8.15. The molecule has 0 aliphatic carbocycles. The van der Waals surface area contributed by atoms with Crippen LogP contribution in [0.4, 0.5) is 0 Å². The second kappa shape index (κ2) is 4.70. The number of hydrogen-bond donors (Lipinski definition) is 0. The van der Waals surface area contributed by atoms with Gasteiger partial charge in [0.05, 0.1) is 10.0 Å². The SMILES string of the molecule is Cc1ncnc(C#N)c1-c1cccc(Cl)c1Cl. The molecule has 0 amide bonds. The molecule has 2 rings (SSSR count). The van der Waals surface area contributed by atoms with E-state index in [1.54, 1.807) is 25.1 Å². The Morgan fingerprint density at radius 3 is 2.71 bits per heavy atom. The Balaban J connectivity index is 2.78. The molecule has 0 atom stereocenters. The lowest BCUT2D eigenvalue weighted by Crippen LogP contribution is -1.96. The maximum absolute atomic E-state index is 9.05. The van der Waals surface area contributed by atoms with E-state index in [-0.39, 0.29) is 0 Å². The largest absolute Gasteiger partial charge is 0.241 e. The Hall–Kier alpha value is -1.63. The minimum atomic E-state index is 0.293. The highest BCUT2D eigenvalue weighted by Crippen LogP contribution is 2.35. The van der Waals surface area contributed by atoms with E-state index >= 15 is 0 Å². The van der Waals surface area contributed by atoms with Gasteiger partial charge in [0, 0.05) is 16.8 Å². The average molecular weight is 264 g/mol. The average Bonchev–Trinajstić information content (AvgIpc) is 2.33. The maximum atomic E-state index is 9.05. The Kier molecular flexibility index (Phi) is 3.28. The molecule has 0 spiro atoms. The molecule has 84 valence electrons. The predicted molar refractivity (Wildman–Crippen MR) is 66.9 cm³/mol. The lowest BCUT2D eigenvalue weighted by atomic mass is 10.0. The maximum Gasteiger partial charge on any atom is 0.151 e. The molecule has 17 heavy (non-hydrogen) atoms. The van der Waals surface area contributed by atoms with Crippen LogP contribution in [0.25, 0.3) is 11.1 Å². The van der Waals surface area contributed by atoms with Crippen LogP contribution in [0.15, 0.2) is 24.5 Å². The van der Waals surface area contributed by atoms with Crippen LogP contribution in [-0.4, -0.2) is 9.97 Å². The molecule has 1 aromatic heterocycles. The van der Waals surface area contributed by atoms with Crippen molar-refractivity contribution >= 4 is 23.2 Å². The van der Waals surface area contributed by atoms with Gasteiger partial charge >= 0.3 is 0 Å². The molecule has 1 heterocycles. The van der Waals surface area contributed by atoms with Crippen LogP contribution in [0.1, 0.15) is 11.4 Å². The van der Waals surface area contributed by atoms with Crippen molar-refractivity contribution in [1.29, 1.82) is 5.26 Å². The van der Waals surface area contributed by atoms with E-state index in [1.165, 1.54) is 6.33 Å². The third-order valence-electron chi connectivity index (χ3n) is 2.36. The summed E-state index contributed by atoms with van der Waals surface area (Å²) in [5.74, 6) is 0. The van der Waals surface area contributed by atoms with Crippen LogP contribution in [0.5, 0.6) is 0 Å². The van der Waals surface area contributed by atoms with Crippen molar-refractivity contribution in [2.45, 2.75) is 6.92 Å². The van der Waals surface area contributed by atoms with Gasteiger partial charge in [-0.2, -0.15) is 5.26 Å². The van der Waals surface area contributed by atoms with E-state index < -0.39 is 0 Å². The van der Waals surface area contributed by atoms with Crippen molar-refractivity contribution < 1.29 is 0 Å². The molecule has 0 unspecified atom stereocenters. The van der Waals surface area contributed by atoms with Gasteiger partial charge in [0.2, 0.25) is 0 Å². The van der Waals surface area contributed by atoms with E-state index in [2.05, 4.69) is 9.97 Å². The van der Waals surface area contributed by atoms with Crippen molar-refractivity contribution in [2.24, 2.45) is 0 Å². The second-order valence-corrected chi connectivity index (χ2v) is 4.18. The van der Waals surface area contributed by atoms with E-state index in [4.69, 9.17) is 28.5 Å². The van der Waals surface area contributed by atoms with Crippen molar-refractivity contribution in [1.82, 2.24) is 9.97 Å². The standard InChI is InChI=1S/C12H7Cl2N3/c1-7-11(10(5-15)17-6-16-7)8-3-2-4-9(13)12(8)14/h2-4,6H,1H3. The molecule has 0 N–H and O–H groups in total. The molecule has 2 aromatic rings. The molecule has 0 saturated carbocycles. The normalized spacial score (nSPS) is 10.0. The summed E-state index contributed by atoms with van der Waals surface area (Å²) < 4.78 is 0. The van der Waals surface area contributed by atoms with Crippen LogP contribution in [0, 0.1) is 18.3 Å². The van der Waals surface area contributed by atoms with E-state index in [0.717, 1.165) is 0 Å². The number of rotatable bonds is 1. The minimum absolute atomic E-state index is 0.293. The van der Waals surface area contributed by atoms with Crippen LogP contribution in [0.3, 0.4) is 0 Å². The van der Waals surface area contributed by atoms with Crippen LogP contribution >= 0.6 is 23.2 Å². The number of hydrogen-bond acceptors (Lipinski definition) is 3. The predicted octanol–water partition coefficient (Wildman–Crippen LogP) is 3.63. The van der Waals surface area contributed by atoms with Gasteiger partial charge < -0.3 is 0 Å². The minimum Gasteiger partial charge on any atom is -0.241 e. The van der Waals surface area contributed by atoms with Crippen LogP contribution in [-0.2, 0) is 0 Å². The molecule has 0 aliphatic heterocycles. The van der Waals surface area contributed by atoms with Gasteiger partial charge in [0.25, 0.3) is 0 Å². The third kappa shape index (κ3) is 2.10. The number of nitriles is 1. The summed E-state index contributed by atoms with van der Waals surface area (Å²) in [5.41, 5.74) is 2.29. The number of benzene rings is 1. The molecule has 5 heteroatoms. The Morgan fingerprint density at radius 1 is 1.24 bits per heavy atom. The molecule has 1 aromatic carbocycles. The zero-order valence-electron chi connectivity index (χ0n) is 8.91. The number of aromatic nitrogens is 2. The van der Waals surface area contributed by atoms with Gasteiger partial charge in [-0.15, -0.1) is 0 Å². The lowest BCUT2D eigenvalue weighted by molar-refractivity contribution is 1.09. The summed E-state index contributed by atoms with van der Waals surface area (Å²) in [4.78, 5) is 8.00.